The molecule has 0 spiro atoms. The molecule has 35 heavy (non-hydrogen) atoms. The van der Waals surface area contributed by atoms with Gasteiger partial charge < -0.3 is 25.2 Å². The maximum Gasteiger partial charge on any atom is 0.114 e. The fraction of sp³-hybridized carbons (Fsp3) is 0.800. The third kappa shape index (κ3) is 6.87. The molecule has 7 atom stereocenters. The second-order valence-electron chi connectivity index (χ2n) is 12.4. The Morgan fingerprint density at radius 2 is 1.94 bits per heavy atom. The summed E-state index contributed by atoms with van der Waals surface area (Å²) >= 11 is 0. The molecule has 3 saturated carbocycles. The SMILES string of the molecule is C=C1/C(=C/C=C2\CCC[C@]3(C)[C@@H]([C@H](C)CCCC(C)(C)O)CC[C@@H]23)C[C@@H](O)C(OCCCO)[C@@H]1O. The van der Waals surface area contributed by atoms with Crippen molar-refractivity contribution in [3.8, 4) is 0 Å². The molecule has 0 aromatic carbocycles. The van der Waals surface area contributed by atoms with E-state index in [1.165, 1.54) is 37.7 Å². The first-order chi connectivity index (χ1) is 16.5. The molecule has 5 heteroatoms. The van der Waals surface area contributed by atoms with Crippen molar-refractivity contribution in [2.24, 2.45) is 23.2 Å². The molecule has 3 rings (SSSR count). The molecule has 0 heterocycles. The molecular weight excluding hydrogens is 440 g/mol. The zero-order valence-corrected chi connectivity index (χ0v) is 22.5. The van der Waals surface area contributed by atoms with E-state index in [1.54, 1.807) is 0 Å². The van der Waals surface area contributed by atoms with Crippen LogP contribution in [0.2, 0.25) is 0 Å². The second-order valence-corrected chi connectivity index (χ2v) is 12.4. The van der Waals surface area contributed by atoms with E-state index in [1.807, 2.05) is 13.8 Å². The predicted octanol–water partition coefficient (Wildman–Crippen LogP) is 5.08. The molecule has 3 aliphatic carbocycles. The van der Waals surface area contributed by atoms with E-state index >= 15 is 0 Å². The van der Waals surface area contributed by atoms with Crippen LogP contribution in [0.5, 0.6) is 0 Å². The first kappa shape index (κ1) is 28.6. The summed E-state index contributed by atoms with van der Waals surface area (Å²) in [4.78, 5) is 0. The van der Waals surface area contributed by atoms with Gasteiger partial charge in [-0.3, -0.25) is 0 Å². The Bertz CT molecular complexity index is 778. The van der Waals surface area contributed by atoms with Crippen molar-refractivity contribution in [2.75, 3.05) is 13.2 Å². The molecule has 0 amide bonds. The van der Waals surface area contributed by atoms with Gasteiger partial charge in [-0.1, -0.05) is 51.0 Å². The second kappa shape index (κ2) is 12.0. The number of aliphatic hydroxyl groups is 4. The number of aliphatic hydroxyl groups excluding tert-OH is 3. The molecule has 4 N–H and O–H groups in total. The van der Waals surface area contributed by atoms with E-state index in [9.17, 15) is 15.3 Å². The first-order valence-corrected chi connectivity index (χ1v) is 13.9. The zero-order chi connectivity index (χ0) is 25.8. The zero-order valence-electron chi connectivity index (χ0n) is 22.5. The molecule has 0 saturated heterocycles. The van der Waals surface area contributed by atoms with Crippen LogP contribution in [0.15, 0.2) is 35.5 Å². The normalized spacial score (nSPS) is 37.1. The summed E-state index contributed by atoms with van der Waals surface area (Å²) in [5.41, 5.74) is 2.79. The van der Waals surface area contributed by atoms with Gasteiger partial charge in [0, 0.05) is 19.6 Å². The van der Waals surface area contributed by atoms with Crippen LogP contribution >= 0.6 is 0 Å². The van der Waals surface area contributed by atoms with Crippen LogP contribution in [0.3, 0.4) is 0 Å². The number of allylic oxidation sites excluding steroid dienone is 3. The summed E-state index contributed by atoms with van der Waals surface area (Å²) < 4.78 is 5.63. The predicted molar refractivity (Wildman–Crippen MR) is 141 cm³/mol. The van der Waals surface area contributed by atoms with Gasteiger partial charge in [0.05, 0.1) is 11.7 Å². The Morgan fingerprint density at radius 3 is 2.63 bits per heavy atom. The van der Waals surface area contributed by atoms with Crippen LogP contribution in [-0.2, 0) is 4.74 Å². The lowest BCUT2D eigenvalue weighted by atomic mass is 9.60. The van der Waals surface area contributed by atoms with E-state index in [-0.39, 0.29) is 6.61 Å². The topological polar surface area (TPSA) is 90.2 Å². The highest BCUT2D eigenvalue weighted by Gasteiger charge is 2.50. The molecule has 0 radical (unpaired) electrons. The van der Waals surface area contributed by atoms with E-state index in [0.29, 0.717) is 42.3 Å². The third-order valence-corrected chi connectivity index (χ3v) is 9.17. The Labute approximate surface area is 213 Å². The average Bonchev–Trinajstić information content (AvgIpc) is 3.14. The highest BCUT2D eigenvalue weighted by Crippen LogP contribution is 2.60. The van der Waals surface area contributed by atoms with Crippen LogP contribution in [0.25, 0.3) is 0 Å². The molecule has 0 aromatic rings. The molecule has 200 valence electrons. The lowest BCUT2D eigenvalue weighted by molar-refractivity contribution is -0.0968. The highest BCUT2D eigenvalue weighted by molar-refractivity contribution is 5.40. The number of hydrogen-bond donors (Lipinski definition) is 4. The number of ether oxygens (including phenoxy) is 1. The van der Waals surface area contributed by atoms with Gasteiger partial charge in [0.25, 0.3) is 0 Å². The van der Waals surface area contributed by atoms with Crippen molar-refractivity contribution in [1.82, 2.24) is 0 Å². The van der Waals surface area contributed by atoms with Gasteiger partial charge in [0.2, 0.25) is 0 Å². The molecule has 0 aliphatic heterocycles. The Morgan fingerprint density at radius 1 is 1.20 bits per heavy atom. The van der Waals surface area contributed by atoms with Gasteiger partial charge in [-0.15, -0.1) is 0 Å². The van der Waals surface area contributed by atoms with Crippen molar-refractivity contribution in [3.05, 3.63) is 35.5 Å². The molecule has 1 unspecified atom stereocenters. The third-order valence-electron chi connectivity index (χ3n) is 9.17. The van der Waals surface area contributed by atoms with Crippen molar-refractivity contribution >= 4 is 0 Å². The molecule has 3 fully saturated rings. The largest absolute Gasteiger partial charge is 0.396 e. The summed E-state index contributed by atoms with van der Waals surface area (Å²) in [6.07, 6.45) is 12.1. The summed E-state index contributed by atoms with van der Waals surface area (Å²) in [5.74, 6) is 1.98. The number of fused-ring (bicyclic) bond motifs is 1. The Hall–Kier alpha value is -0.980. The highest BCUT2D eigenvalue weighted by atomic mass is 16.5. The average molecular weight is 491 g/mol. The quantitative estimate of drug-likeness (QED) is 0.321. The molecule has 5 nitrogen and oxygen atoms in total. The Kier molecular flexibility index (Phi) is 9.84. The van der Waals surface area contributed by atoms with Crippen LogP contribution in [0, 0.1) is 23.2 Å². The fourth-order valence-electron chi connectivity index (χ4n) is 7.21. The van der Waals surface area contributed by atoms with Crippen molar-refractivity contribution in [2.45, 2.75) is 116 Å². The monoisotopic (exact) mass is 490 g/mol. The summed E-state index contributed by atoms with van der Waals surface area (Å²) in [6.45, 7) is 13.2. The van der Waals surface area contributed by atoms with Gasteiger partial charge in [-0.25, -0.2) is 0 Å². The van der Waals surface area contributed by atoms with Gasteiger partial charge in [0.15, 0.2) is 0 Å². The number of rotatable bonds is 10. The van der Waals surface area contributed by atoms with E-state index < -0.39 is 23.9 Å². The lowest BCUT2D eigenvalue weighted by Crippen LogP contribution is -2.45. The molecule has 3 aliphatic rings. The van der Waals surface area contributed by atoms with Crippen LogP contribution in [0.4, 0.5) is 0 Å². The summed E-state index contributed by atoms with van der Waals surface area (Å²) in [6, 6.07) is 0. The van der Waals surface area contributed by atoms with Crippen LogP contribution in [0.1, 0.15) is 91.9 Å². The van der Waals surface area contributed by atoms with Gasteiger partial charge in [0.1, 0.15) is 12.2 Å². The van der Waals surface area contributed by atoms with Crippen LogP contribution in [-0.4, -0.2) is 57.6 Å². The van der Waals surface area contributed by atoms with Crippen molar-refractivity contribution < 1.29 is 25.2 Å². The maximum absolute atomic E-state index is 10.7. The van der Waals surface area contributed by atoms with Crippen molar-refractivity contribution in [1.29, 1.82) is 0 Å². The van der Waals surface area contributed by atoms with E-state index in [2.05, 4.69) is 32.6 Å². The standard InChI is InChI=1S/C30H50O5/c1-20(9-6-15-29(3,4)34)24-13-14-25-22(10-7-16-30(24,25)5)11-12-23-19-26(32)28(27(33)21(23)2)35-18-8-17-31/h11-12,20,24-28,31-34H,2,6-10,13-19H2,1,3-5H3/b22-11+,23-12+/t20-,24-,25+,26-,27-,28?,30-/m1/s1. The lowest BCUT2D eigenvalue weighted by Gasteiger charge is -2.44. The van der Waals surface area contributed by atoms with Gasteiger partial charge >= 0.3 is 0 Å². The smallest absolute Gasteiger partial charge is 0.114 e. The maximum atomic E-state index is 10.7. The van der Waals surface area contributed by atoms with E-state index in [4.69, 9.17) is 9.84 Å². The van der Waals surface area contributed by atoms with E-state index in [0.717, 1.165) is 30.8 Å². The molecular formula is C30H50O5. The summed E-state index contributed by atoms with van der Waals surface area (Å²) in [7, 11) is 0. The summed E-state index contributed by atoms with van der Waals surface area (Å²) in [5, 5.41) is 40.4. The fourth-order valence-corrected chi connectivity index (χ4v) is 7.21. The molecule has 0 bridgehead atoms. The van der Waals surface area contributed by atoms with Crippen LogP contribution < -0.4 is 0 Å². The Balaban J connectivity index is 1.67. The minimum atomic E-state index is -0.931. The van der Waals surface area contributed by atoms with Crippen molar-refractivity contribution in [3.63, 3.8) is 0 Å². The first-order valence-electron chi connectivity index (χ1n) is 13.9. The minimum absolute atomic E-state index is 0.0269. The van der Waals surface area contributed by atoms with Gasteiger partial charge in [-0.05, 0) is 93.1 Å². The minimum Gasteiger partial charge on any atom is -0.396 e. The molecule has 0 aromatic heterocycles. The van der Waals surface area contributed by atoms with Gasteiger partial charge in [-0.2, -0.15) is 0 Å². The number of hydrogen-bond acceptors (Lipinski definition) is 5.